The van der Waals surface area contributed by atoms with Crippen LogP contribution in [-0.2, 0) is 17.6 Å². The molecule has 0 unspecified atom stereocenters. The monoisotopic (exact) mass is 264 g/mol. The molecule has 0 aromatic carbocycles. The van der Waals surface area contributed by atoms with Gasteiger partial charge in [0.1, 0.15) is 12.1 Å². The molecule has 0 aliphatic carbocycles. The molecule has 5 heteroatoms. The maximum atomic E-state index is 5.16. The van der Waals surface area contributed by atoms with Gasteiger partial charge in [-0.15, -0.1) is 0 Å². The van der Waals surface area contributed by atoms with E-state index in [1.165, 1.54) is 11.3 Å². The Labute approximate surface area is 115 Å². The van der Waals surface area contributed by atoms with Gasteiger partial charge in [-0.25, -0.2) is 9.97 Å². The molecule has 1 aromatic rings. The van der Waals surface area contributed by atoms with Gasteiger partial charge in [-0.05, 0) is 20.3 Å². The summed E-state index contributed by atoms with van der Waals surface area (Å²) in [7, 11) is 1.75. The lowest BCUT2D eigenvalue weighted by molar-refractivity contribution is 0.150. The smallest absolute Gasteiger partial charge is 0.133 e. The Balaban J connectivity index is 2.08. The van der Waals surface area contributed by atoms with E-state index in [1.54, 1.807) is 13.4 Å². The molecule has 0 amide bonds. The third-order valence-corrected chi connectivity index (χ3v) is 3.41. The number of ether oxygens (including phenoxy) is 1. The molecule has 0 bridgehead atoms. The first-order valence-corrected chi connectivity index (χ1v) is 7.01. The molecule has 5 nitrogen and oxygen atoms in total. The summed E-state index contributed by atoms with van der Waals surface area (Å²) in [6.45, 7) is 8.15. The Morgan fingerprint density at radius 3 is 2.84 bits per heavy atom. The maximum Gasteiger partial charge on any atom is 0.133 e. The van der Waals surface area contributed by atoms with Crippen molar-refractivity contribution in [1.29, 1.82) is 0 Å². The zero-order valence-corrected chi connectivity index (χ0v) is 12.1. The van der Waals surface area contributed by atoms with Crippen LogP contribution >= 0.6 is 0 Å². The molecule has 0 fully saturated rings. The van der Waals surface area contributed by atoms with E-state index < -0.39 is 0 Å². The first-order chi connectivity index (χ1) is 9.20. The molecule has 1 N–H and O–H groups in total. The van der Waals surface area contributed by atoms with Gasteiger partial charge in [0.05, 0.1) is 12.3 Å². The number of methoxy groups -OCH3 is 1. The first-order valence-electron chi connectivity index (χ1n) is 7.01. The van der Waals surface area contributed by atoms with Crippen LogP contribution in [-0.4, -0.2) is 54.3 Å². The topological polar surface area (TPSA) is 50.3 Å². The predicted molar refractivity (Wildman–Crippen MR) is 76.5 cm³/mol. The van der Waals surface area contributed by atoms with E-state index in [2.05, 4.69) is 34.0 Å². The molecule has 0 spiro atoms. The van der Waals surface area contributed by atoms with Gasteiger partial charge in [0, 0.05) is 44.8 Å². The highest BCUT2D eigenvalue weighted by atomic mass is 16.5. The van der Waals surface area contributed by atoms with Gasteiger partial charge in [0.2, 0.25) is 0 Å². The van der Waals surface area contributed by atoms with E-state index in [1.807, 2.05) is 0 Å². The van der Waals surface area contributed by atoms with Gasteiger partial charge in [-0.3, -0.25) is 0 Å². The second-order valence-corrected chi connectivity index (χ2v) is 5.28. The zero-order chi connectivity index (χ0) is 13.7. The summed E-state index contributed by atoms with van der Waals surface area (Å²) in [5.41, 5.74) is 2.48. The first kappa shape index (κ1) is 14.2. The number of nitrogens with zero attached hydrogens (tertiary/aromatic N) is 3. The van der Waals surface area contributed by atoms with Crippen molar-refractivity contribution in [1.82, 2.24) is 14.9 Å². The number of hydrogen-bond acceptors (Lipinski definition) is 5. The molecule has 2 heterocycles. The van der Waals surface area contributed by atoms with Crippen LogP contribution in [0.5, 0.6) is 0 Å². The summed E-state index contributed by atoms with van der Waals surface area (Å²) >= 11 is 0. The SMILES string of the molecule is COCCN1CCc2ncnc(NC(C)C)c2CC1. The van der Waals surface area contributed by atoms with E-state index >= 15 is 0 Å². The fraction of sp³-hybridized carbons (Fsp3) is 0.714. The quantitative estimate of drug-likeness (QED) is 0.870. The summed E-state index contributed by atoms with van der Waals surface area (Å²) < 4.78 is 5.16. The molecule has 0 saturated heterocycles. The molecule has 19 heavy (non-hydrogen) atoms. The van der Waals surface area contributed by atoms with E-state index in [4.69, 9.17) is 4.74 Å². The number of rotatable bonds is 5. The second kappa shape index (κ2) is 6.82. The van der Waals surface area contributed by atoms with E-state index in [-0.39, 0.29) is 0 Å². The van der Waals surface area contributed by atoms with Crippen molar-refractivity contribution in [3.63, 3.8) is 0 Å². The lowest BCUT2D eigenvalue weighted by Gasteiger charge is -2.18. The summed E-state index contributed by atoms with van der Waals surface area (Å²) in [5, 5.41) is 3.42. The Morgan fingerprint density at radius 1 is 1.32 bits per heavy atom. The largest absolute Gasteiger partial charge is 0.383 e. The molecule has 0 radical (unpaired) electrons. The van der Waals surface area contributed by atoms with Crippen LogP contribution in [0, 0.1) is 0 Å². The molecular formula is C14H24N4O. The minimum absolute atomic E-state index is 0.395. The Morgan fingerprint density at radius 2 is 2.11 bits per heavy atom. The van der Waals surface area contributed by atoms with E-state index in [9.17, 15) is 0 Å². The summed E-state index contributed by atoms with van der Waals surface area (Å²) in [4.78, 5) is 11.3. The minimum atomic E-state index is 0.395. The van der Waals surface area contributed by atoms with Crippen molar-refractivity contribution in [3.8, 4) is 0 Å². The van der Waals surface area contributed by atoms with Crippen LogP contribution in [0.15, 0.2) is 6.33 Å². The Kier molecular flexibility index (Phi) is 5.10. The highest BCUT2D eigenvalue weighted by molar-refractivity contribution is 5.47. The molecule has 106 valence electrons. The van der Waals surface area contributed by atoms with E-state index in [0.717, 1.165) is 44.9 Å². The number of hydrogen-bond donors (Lipinski definition) is 1. The van der Waals surface area contributed by atoms with Crippen molar-refractivity contribution in [2.75, 3.05) is 38.7 Å². The normalized spacial score (nSPS) is 16.2. The zero-order valence-electron chi connectivity index (χ0n) is 12.1. The number of fused-ring (bicyclic) bond motifs is 1. The average Bonchev–Trinajstić information content (AvgIpc) is 2.59. The molecule has 1 aliphatic rings. The van der Waals surface area contributed by atoms with Crippen molar-refractivity contribution in [2.24, 2.45) is 0 Å². The molecule has 1 aromatic heterocycles. The van der Waals surface area contributed by atoms with E-state index in [0.29, 0.717) is 6.04 Å². The maximum absolute atomic E-state index is 5.16. The number of anilines is 1. The van der Waals surface area contributed by atoms with Gasteiger partial charge < -0.3 is 15.0 Å². The van der Waals surface area contributed by atoms with Crippen molar-refractivity contribution >= 4 is 5.82 Å². The van der Waals surface area contributed by atoms with Crippen LogP contribution in [0.3, 0.4) is 0 Å². The van der Waals surface area contributed by atoms with Gasteiger partial charge >= 0.3 is 0 Å². The molecule has 0 saturated carbocycles. The lowest BCUT2D eigenvalue weighted by atomic mass is 10.1. The number of nitrogens with one attached hydrogen (secondary N) is 1. The molecule has 2 rings (SSSR count). The van der Waals surface area contributed by atoms with Crippen molar-refractivity contribution in [2.45, 2.75) is 32.7 Å². The highest BCUT2D eigenvalue weighted by Crippen LogP contribution is 2.20. The molecule has 1 aliphatic heterocycles. The predicted octanol–water partition coefficient (Wildman–Crippen LogP) is 1.34. The lowest BCUT2D eigenvalue weighted by Crippen LogP contribution is -2.29. The third-order valence-electron chi connectivity index (χ3n) is 3.41. The fourth-order valence-electron chi connectivity index (χ4n) is 2.41. The van der Waals surface area contributed by atoms with Crippen LogP contribution in [0.1, 0.15) is 25.1 Å². The van der Waals surface area contributed by atoms with Gasteiger partial charge in [-0.2, -0.15) is 0 Å². The average molecular weight is 264 g/mol. The van der Waals surface area contributed by atoms with Crippen LogP contribution < -0.4 is 5.32 Å². The molecular weight excluding hydrogens is 240 g/mol. The third kappa shape index (κ3) is 3.88. The molecule has 0 atom stereocenters. The number of aromatic nitrogens is 2. The summed E-state index contributed by atoms with van der Waals surface area (Å²) in [6.07, 6.45) is 3.68. The van der Waals surface area contributed by atoms with Crippen molar-refractivity contribution < 1.29 is 4.74 Å². The summed E-state index contributed by atoms with van der Waals surface area (Å²) in [5.74, 6) is 1.01. The Bertz CT molecular complexity index is 408. The summed E-state index contributed by atoms with van der Waals surface area (Å²) in [6, 6.07) is 0.395. The fourth-order valence-corrected chi connectivity index (χ4v) is 2.41. The van der Waals surface area contributed by atoms with Gasteiger partial charge in [0.15, 0.2) is 0 Å². The van der Waals surface area contributed by atoms with Crippen molar-refractivity contribution in [3.05, 3.63) is 17.6 Å². The van der Waals surface area contributed by atoms with Crippen LogP contribution in [0.25, 0.3) is 0 Å². The van der Waals surface area contributed by atoms with Crippen LogP contribution in [0.2, 0.25) is 0 Å². The van der Waals surface area contributed by atoms with Crippen LogP contribution in [0.4, 0.5) is 5.82 Å². The standard InChI is InChI=1S/C14H24N4O/c1-11(2)17-14-12-4-6-18(8-9-19-3)7-5-13(12)15-10-16-14/h10-11H,4-9H2,1-3H3,(H,15,16,17). The van der Waals surface area contributed by atoms with Gasteiger partial charge in [0.25, 0.3) is 0 Å². The Hall–Kier alpha value is -1.20. The minimum Gasteiger partial charge on any atom is -0.383 e. The highest BCUT2D eigenvalue weighted by Gasteiger charge is 2.18. The second-order valence-electron chi connectivity index (χ2n) is 5.28. The van der Waals surface area contributed by atoms with Gasteiger partial charge in [-0.1, -0.05) is 0 Å².